The van der Waals surface area contributed by atoms with E-state index in [1.54, 1.807) is 29.2 Å². The van der Waals surface area contributed by atoms with Crippen molar-refractivity contribution in [1.29, 1.82) is 5.26 Å². The zero-order chi connectivity index (χ0) is 18.6. The number of hydrogen-bond donors (Lipinski definition) is 0. The third-order valence-electron chi connectivity index (χ3n) is 5.07. The van der Waals surface area contributed by atoms with Crippen molar-refractivity contribution < 1.29 is 14.1 Å². The lowest BCUT2D eigenvalue weighted by Gasteiger charge is -2.15. The molecule has 2 aliphatic rings. The summed E-state index contributed by atoms with van der Waals surface area (Å²) in [6.07, 6.45) is 4.00. The van der Waals surface area contributed by atoms with Gasteiger partial charge in [0.15, 0.2) is 5.82 Å². The lowest BCUT2D eigenvalue weighted by atomic mass is 10.1. The number of amides is 1. The largest absolute Gasteiger partial charge is 0.381 e. The first-order valence-electron chi connectivity index (χ1n) is 9.42. The van der Waals surface area contributed by atoms with E-state index in [2.05, 4.69) is 16.2 Å². The van der Waals surface area contributed by atoms with Crippen LogP contribution in [0.25, 0.3) is 0 Å². The molecule has 1 aliphatic heterocycles. The third-order valence-corrected chi connectivity index (χ3v) is 5.07. The third kappa shape index (κ3) is 4.34. The maximum atomic E-state index is 12.7. The average molecular weight is 366 g/mol. The van der Waals surface area contributed by atoms with E-state index in [0.717, 1.165) is 18.9 Å². The van der Waals surface area contributed by atoms with Gasteiger partial charge < -0.3 is 14.2 Å². The van der Waals surface area contributed by atoms with Crippen LogP contribution in [0.2, 0.25) is 0 Å². The molecule has 1 aliphatic carbocycles. The summed E-state index contributed by atoms with van der Waals surface area (Å²) in [5.41, 5.74) is 1.02. The first-order chi connectivity index (χ1) is 13.2. The van der Waals surface area contributed by atoms with E-state index < -0.39 is 0 Å². The first kappa shape index (κ1) is 17.7. The highest BCUT2D eigenvalue weighted by Crippen LogP contribution is 2.29. The van der Waals surface area contributed by atoms with E-state index in [0.29, 0.717) is 49.0 Å². The molecule has 1 saturated carbocycles. The van der Waals surface area contributed by atoms with E-state index >= 15 is 0 Å². The Kier molecular flexibility index (Phi) is 5.16. The number of ether oxygens (including phenoxy) is 1. The average Bonchev–Trinajstić information content (AvgIpc) is 3.19. The predicted octanol–water partition coefficient (Wildman–Crippen LogP) is 2.54. The van der Waals surface area contributed by atoms with Crippen LogP contribution in [0.5, 0.6) is 0 Å². The SMILES string of the molecule is N#Cc1cccc(C(=O)N2CCC(c3nc(CCOCC4CC4)no3)C2)c1. The molecule has 2 fully saturated rings. The predicted molar refractivity (Wildman–Crippen MR) is 96.0 cm³/mol. The van der Waals surface area contributed by atoms with Gasteiger partial charge in [0.05, 0.1) is 24.2 Å². The molecule has 1 unspecified atom stereocenters. The highest BCUT2D eigenvalue weighted by Gasteiger charge is 2.31. The van der Waals surface area contributed by atoms with Crippen molar-refractivity contribution in [2.75, 3.05) is 26.3 Å². The highest BCUT2D eigenvalue weighted by molar-refractivity contribution is 5.94. The van der Waals surface area contributed by atoms with Gasteiger partial charge in [-0.05, 0) is 43.4 Å². The molecule has 140 valence electrons. The molecule has 0 bridgehead atoms. The molecule has 2 heterocycles. The molecule has 1 aromatic heterocycles. The Morgan fingerprint density at radius 3 is 3.07 bits per heavy atom. The summed E-state index contributed by atoms with van der Waals surface area (Å²) in [7, 11) is 0. The fraction of sp³-hybridized carbons (Fsp3) is 0.500. The minimum Gasteiger partial charge on any atom is -0.381 e. The lowest BCUT2D eigenvalue weighted by molar-refractivity contribution is 0.0789. The summed E-state index contributed by atoms with van der Waals surface area (Å²) in [6, 6.07) is 8.86. The van der Waals surface area contributed by atoms with Gasteiger partial charge in [-0.3, -0.25) is 4.79 Å². The van der Waals surface area contributed by atoms with Crippen molar-refractivity contribution in [3.8, 4) is 6.07 Å². The molecule has 27 heavy (non-hydrogen) atoms. The van der Waals surface area contributed by atoms with E-state index in [1.165, 1.54) is 12.8 Å². The number of aromatic nitrogens is 2. The fourth-order valence-electron chi connectivity index (χ4n) is 3.28. The number of hydrogen-bond acceptors (Lipinski definition) is 6. The quantitative estimate of drug-likeness (QED) is 0.699. The van der Waals surface area contributed by atoms with Crippen LogP contribution < -0.4 is 0 Å². The Hall–Kier alpha value is -2.72. The molecular formula is C20H22N4O3. The fourth-order valence-corrected chi connectivity index (χ4v) is 3.28. The summed E-state index contributed by atoms with van der Waals surface area (Å²) in [5.74, 6) is 1.99. The van der Waals surface area contributed by atoms with E-state index in [1.807, 2.05) is 0 Å². The molecule has 7 heteroatoms. The van der Waals surface area contributed by atoms with Crippen LogP contribution in [-0.4, -0.2) is 47.3 Å². The number of carbonyl (C=O) groups is 1. The van der Waals surface area contributed by atoms with Crippen LogP contribution in [0, 0.1) is 17.2 Å². The Bertz CT molecular complexity index is 853. The van der Waals surface area contributed by atoms with Gasteiger partial charge in [-0.2, -0.15) is 10.2 Å². The van der Waals surface area contributed by atoms with Gasteiger partial charge in [0.25, 0.3) is 5.91 Å². The number of nitriles is 1. The standard InChI is InChI=1S/C20H22N4O3/c21-11-15-2-1-3-16(10-15)20(25)24-8-6-17(12-24)19-22-18(23-27-19)7-9-26-13-14-4-5-14/h1-3,10,14,17H,4-9,12-13H2. The first-order valence-corrected chi connectivity index (χ1v) is 9.42. The van der Waals surface area contributed by atoms with Crippen molar-refractivity contribution in [2.24, 2.45) is 5.92 Å². The topological polar surface area (TPSA) is 92.2 Å². The van der Waals surface area contributed by atoms with Gasteiger partial charge in [-0.25, -0.2) is 0 Å². The van der Waals surface area contributed by atoms with Crippen LogP contribution in [0.4, 0.5) is 0 Å². The maximum absolute atomic E-state index is 12.7. The number of benzene rings is 1. The molecule has 0 N–H and O–H groups in total. The zero-order valence-electron chi connectivity index (χ0n) is 15.1. The lowest BCUT2D eigenvalue weighted by Crippen LogP contribution is -2.28. The van der Waals surface area contributed by atoms with Gasteiger partial charge in [0.2, 0.25) is 5.89 Å². The molecule has 0 spiro atoms. The number of likely N-dealkylation sites (tertiary alicyclic amines) is 1. The normalized spacial score (nSPS) is 19.2. The van der Waals surface area contributed by atoms with E-state index in [9.17, 15) is 4.79 Å². The van der Waals surface area contributed by atoms with Gasteiger partial charge in [0, 0.05) is 31.7 Å². The van der Waals surface area contributed by atoms with Gasteiger partial charge >= 0.3 is 0 Å². The molecule has 0 radical (unpaired) electrons. The number of rotatable bonds is 7. The molecule has 7 nitrogen and oxygen atoms in total. The summed E-state index contributed by atoms with van der Waals surface area (Å²) in [5, 5.41) is 13.0. The van der Waals surface area contributed by atoms with Crippen molar-refractivity contribution in [3.63, 3.8) is 0 Å². The molecular weight excluding hydrogens is 344 g/mol. The Balaban J connectivity index is 1.31. The zero-order valence-corrected chi connectivity index (χ0v) is 15.1. The van der Waals surface area contributed by atoms with Crippen molar-refractivity contribution in [1.82, 2.24) is 15.0 Å². The second-order valence-corrected chi connectivity index (χ2v) is 7.25. The Labute approximate surface area is 157 Å². The van der Waals surface area contributed by atoms with E-state index in [4.69, 9.17) is 14.5 Å². The summed E-state index contributed by atoms with van der Waals surface area (Å²) in [4.78, 5) is 18.9. The molecule has 2 aromatic rings. The molecule has 1 aromatic carbocycles. The molecule has 1 saturated heterocycles. The number of nitrogens with zero attached hydrogens (tertiary/aromatic N) is 4. The second kappa shape index (κ2) is 7.89. The van der Waals surface area contributed by atoms with Crippen molar-refractivity contribution in [3.05, 3.63) is 47.1 Å². The molecule has 4 rings (SSSR count). The Morgan fingerprint density at radius 1 is 1.37 bits per heavy atom. The Morgan fingerprint density at radius 2 is 2.26 bits per heavy atom. The molecule has 1 atom stereocenters. The minimum atomic E-state index is -0.0668. The summed E-state index contributed by atoms with van der Waals surface area (Å²) in [6.45, 7) is 2.63. The number of carbonyl (C=O) groups excluding carboxylic acids is 1. The smallest absolute Gasteiger partial charge is 0.253 e. The van der Waals surface area contributed by atoms with Crippen LogP contribution in [0.1, 0.15) is 52.8 Å². The maximum Gasteiger partial charge on any atom is 0.253 e. The van der Waals surface area contributed by atoms with E-state index in [-0.39, 0.29) is 11.8 Å². The monoisotopic (exact) mass is 366 g/mol. The van der Waals surface area contributed by atoms with Crippen LogP contribution in [0.15, 0.2) is 28.8 Å². The van der Waals surface area contributed by atoms with Crippen molar-refractivity contribution >= 4 is 5.91 Å². The molecule has 1 amide bonds. The minimum absolute atomic E-state index is 0.0572. The van der Waals surface area contributed by atoms with Crippen LogP contribution >= 0.6 is 0 Å². The second-order valence-electron chi connectivity index (χ2n) is 7.25. The van der Waals surface area contributed by atoms with Gasteiger partial charge in [-0.1, -0.05) is 11.2 Å². The highest BCUT2D eigenvalue weighted by atomic mass is 16.5. The van der Waals surface area contributed by atoms with Gasteiger partial charge in [0.1, 0.15) is 0 Å². The van der Waals surface area contributed by atoms with Gasteiger partial charge in [-0.15, -0.1) is 0 Å². The van der Waals surface area contributed by atoms with Crippen molar-refractivity contribution in [2.45, 2.75) is 31.6 Å². The summed E-state index contributed by atoms with van der Waals surface area (Å²) >= 11 is 0. The summed E-state index contributed by atoms with van der Waals surface area (Å²) < 4.78 is 11.0. The van der Waals surface area contributed by atoms with Crippen LogP contribution in [0.3, 0.4) is 0 Å². The van der Waals surface area contributed by atoms with Crippen LogP contribution in [-0.2, 0) is 11.2 Å².